The minimum Gasteiger partial charge on any atom is -0.480 e. The number of methoxy groups -OCH3 is 4. The Kier molecular flexibility index (Phi) is 45.3. The van der Waals surface area contributed by atoms with Crippen molar-refractivity contribution in [1.82, 2.24) is 36.5 Å². The predicted octanol–water partition coefficient (Wildman–Crippen LogP) is 2.45. The molecule has 41 heteroatoms. The number of imide groups is 3. The van der Waals surface area contributed by atoms with E-state index in [1.54, 1.807) is 55.4 Å². The van der Waals surface area contributed by atoms with Crippen LogP contribution >= 0.6 is 63.7 Å². The first-order chi connectivity index (χ1) is 50.0. The molecule has 3 rings (SSSR count). The summed E-state index contributed by atoms with van der Waals surface area (Å²) in [5.74, 6) is -13.0. The van der Waals surface area contributed by atoms with E-state index in [0.717, 1.165) is 0 Å². The lowest BCUT2D eigenvalue weighted by atomic mass is 9.79. The third-order valence-corrected chi connectivity index (χ3v) is 18.7. The zero-order chi connectivity index (χ0) is 85.1. The Labute approximate surface area is 665 Å². The minimum atomic E-state index is -1.43. The zero-order valence-electron chi connectivity index (χ0n) is 64.2. The number of hydrogen-bond donors (Lipinski definition) is 9. The molecule has 3 aliphatic rings. The number of aliphatic hydroxyl groups is 4. The number of carboxylic acid groups (broad SMARTS) is 1. The molecule has 3 aliphatic heterocycles. The molecule has 3 saturated heterocycles. The fraction of sp³-hybridized carbons (Fsp3) is 0.706. The first-order valence-electron chi connectivity index (χ1n) is 33.8. The quantitative estimate of drug-likeness (QED) is 0.0142. The number of alkyl halides is 4. The number of aliphatic carboxylic acids is 1. The Morgan fingerprint density at radius 3 is 0.826 bits per heavy atom. The van der Waals surface area contributed by atoms with E-state index in [1.807, 2.05) is 0 Å². The summed E-state index contributed by atoms with van der Waals surface area (Å²) in [4.78, 5) is 226. The molecule has 7 atom stereocenters. The highest BCUT2D eigenvalue weighted by Gasteiger charge is 2.47. The summed E-state index contributed by atoms with van der Waals surface area (Å²) in [5, 5.41) is 55.9. The van der Waals surface area contributed by atoms with Gasteiger partial charge in [-0.3, -0.25) is 71.9 Å². The highest BCUT2D eigenvalue weighted by molar-refractivity contribution is 9.10. The number of hydroxylamine groups is 6. The molecule has 7 unspecified atom stereocenters. The third kappa shape index (κ3) is 36.1. The largest absolute Gasteiger partial charge is 0.480 e. The summed E-state index contributed by atoms with van der Waals surface area (Å²) in [6, 6.07) is 0. The highest BCUT2D eigenvalue weighted by Crippen LogP contribution is 2.39. The molecule has 0 aliphatic carbocycles. The number of rotatable bonds is 37. The predicted molar refractivity (Wildman–Crippen MR) is 395 cm³/mol. The van der Waals surface area contributed by atoms with Gasteiger partial charge in [0.1, 0.15) is 13.0 Å². The van der Waals surface area contributed by atoms with Crippen LogP contribution in [0.15, 0.2) is 12.2 Å². The number of nitrogens with zero attached hydrogens (tertiary/aromatic N) is 3. The first-order valence-corrected chi connectivity index (χ1v) is 37.1. The summed E-state index contributed by atoms with van der Waals surface area (Å²) in [7, 11) is 5.05. The number of aliphatic hydroxyl groups excluding tert-OH is 4. The van der Waals surface area contributed by atoms with Crippen LogP contribution in [0.2, 0.25) is 0 Å². The molecule has 620 valence electrons. The maximum atomic E-state index is 12.6. The molecule has 0 bridgehead atoms. The van der Waals surface area contributed by atoms with Gasteiger partial charge in [-0.15, -0.1) is 15.2 Å². The van der Waals surface area contributed by atoms with Crippen molar-refractivity contribution in [3.63, 3.8) is 0 Å². The van der Waals surface area contributed by atoms with Crippen LogP contribution in [0.5, 0.6) is 0 Å². The number of carbonyl (C=O) groups is 18. The van der Waals surface area contributed by atoms with Crippen molar-refractivity contribution in [2.24, 2.45) is 39.4 Å². The van der Waals surface area contributed by atoms with Gasteiger partial charge >= 0.3 is 47.8 Å². The zero-order valence-corrected chi connectivity index (χ0v) is 70.5. The molecular weight excluding hydrogens is 1710 g/mol. The van der Waals surface area contributed by atoms with Crippen molar-refractivity contribution in [2.45, 2.75) is 184 Å². The van der Waals surface area contributed by atoms with E-state index in [1.165, 1.54) is 56.1 Å². The van der Waals surface area contributed by atoms with Crippen LogP contribution in [0, 0.1) is 39.4 Å². The van der Waals surface area contributed by atoms with E-state index in [2.05, 4.69) is 101 Å². The van der Waals surface area contributed by atoms with Gasteiger partial charge < -0.3 is 80.3 Å². The van der Waals surface area contributed by atoms with Gasteiger partial charge in [0.15, 0.2) is 0 Å². The average Bonchev–Trinajstić information content (AvgIpc) is 1.78. The molecule has 3 heterocycles. The van der Waals surface area contributed by atoms with Gasteiger partial charge in [-0.1, -0.05) is 70.3 Å². The van der Waals surface area contributed by atoms with Crippen LogP contribution in [0.3, 0.4) is 0 Å². The number of esters is 4. The smallest absolute Gasteiger partial charge is 0.359 e. The molecule has 9 N–H and O–H groups in total. The van der Waals surface area contributed by atoms with Gasteiger partial charge in [0.2, 0.25) is 23.6 Å². The average molecular weight is 1820 g/mol. The Hall–Kier alpha value is -7.44. The van der Waals surface area contributed by atoms with Gasteiger partial charge in [-0.05, 0) is 128 Å². The van der Waals surface area contributed by atoms with Crippen LogP contribution in [0.4, 0.5) is 0 Å². The van der Waals surface area contributed by atoms with Gasteiger partial charge in [-0.2, -0.15) is 0 Å². The standard InChI is InChI=1S/2C18H27BrN2O8.C14H24BrNO6.C10H18BrNO4.C8H9NO4/c2*1-17(2,15(26)28-4)9-11(14(25)20-7-8-22)10-18(3,19)16(27)29-21-12(23)5-6-13(21)24;1-13(2,12(21)22-4)7-9(10(18)16-5-6-17)8-14(3,15)11(19)20;1-10(2,9(15)16-3)6-7(11)8(14)12-4-5-13;1-5(2)8(12)13-9-6(10)3-4-7(9)11/h2*11,22H,5-10H2,1-4H3,(H,20,25);9,17H,5-8H2,1-4H3,(H,16,18)(H,19,20);7,13H,4-6H2,1-3H3,(H,12,14);1,3-4H2,2H3. The molecule has 0 radical (unpaired) electrons. The van der Waals surface area contributed by atoms with Crippen molar-refractivity contribution in [3.8, 4) is 0 Å². The SMILES string of the molecule is C=C(C)C(=O)ON1C(=O)CCC1=O.COC(=O)C(C)(C)CC(Br)C(=O)NCCO.COC(=O)C(C)(C)CC(CC(C)(Br)C(=O)O)C(=O)NCCO.COC(=O)C(C)(C)CC(CC(C)(Br)C(=O)ON1C(=O)CCC1=O)C(=O)NCCO.COC(=O)C(C)(C)CC(CC(C)(Br)C(=O)ON1C(=O)CCC1=O)C(=O)NCCO. The number of halogens is 4. The van der Waals surface area contributed by atoms with E-state index >= 15 is 0 Å². The summed E-state index contributed by atoms with van der Waals surface area (Å²) in [6.45, 7) is 21.7. The summed E-state index contributed by atoms with van der Waals surface area (Å²) in [5.41, 5.74) is -3.56. The topological polar surface area (TPSA) is 531 Å². The maximum absolute atomic E-state index is 12.6. The van der Waals surface area contributed by atoms with Crippen molar-refractivity contribution in [3.05, 3.63) is 12.2 Å². The van der Waals surface area contributed by atoms with Gasteiger partial charge in [-0.25, -0.2) is 14.4 Å². The number of ether oxygens (including phenoxy) is 4. The fourth-order valence-corrected chi connectivity index (χ4v) is 12.3. The molecule has 0 spiro atoms. The maximum Gasteiger partial charge on any atom is 0.359 e. The van der Waals surface area contributed by atoms with Crippen molar-refractivity contribution in [2.75, 3.05) is 81.0 Å². The van der Waals surface area contributed by atoms with Gasteiger partial charge in [0, 0.05) is 88.0 Å². The minimum absolute atomic E-state index is 0.0000194. The van der Waals surface area contributed by atoms with Crippen molar-refractivity contribution >= 4 is 171 Å². The Morgan fingerprint density at radius 2 is 0.606 bits per heavy atom. The van der Waals surface area contributed by atoms with Crippen molar-refractivity contribution < 1.29 is 145 Å². The van der Waals surface area contributed by atoms with Crippen molar-refractivity contribution in [1.29, 1.82) is 0 Å². The Morgan fingerprint density at radius 1 is 0.385 bits per heavy atom. The van der Waals surface area contributed by atoms with E-state index in [-0.39, 0.29) is 147 Å². The second kappa shape index (κ2) is 47.7. The lowest BCUT2D eigenvalue weighted by Crippen LogP contribution is -2.44. The molecular formula is C68H105Br4N7O30. The first kappa shape index (κ1) is 104. The number of nitrogens with one attached hydrogen (secondary N) is 4. The third-order valence-electron chi connectivity index (χ3n) is 16.0. The van der Waals surface area contributed by atoms with E-state index < -0.39 is 152 Å². The number of amides is 10. The monoisotopic (exact) mass is 1820 g/mol. The second-order valence-electron chi connectivity index (χ2n) is 28.1. The second-order valence-corrected chi connectivity index (χ2v) is 34.5. The lowest BCUT2D eigenvalue weighted by Gasteiger charge is -2.31. The highest BCUT2D eigenvalue weighted by atomic mass is 79.9. The van der Waals surface area contributed by atoms with E-state index in [4.69, 9.17) is 44.3 Å². The molecule has 109 heavy (non-hydrogen) atoms. The molecule has 0 aromatic carbocycles. The lowest BCUT2D eigenvalue weighted by molar-refractivity contribution is -0.199. The van der Waals surface area contributed by atoms with Crippen LogP contribution in [-0.4, -0.2) is 246 Å². The van der Waals surface area contributed by atoms with Crippen LogP contribution < -0.4 is 21.3 Å². The van der Waals surface area contributed by atoms with Crippen LogP contribution in [0.1, 0.15) is 167 Å². The molecule has 0 aromatic heterocycles. The Balaban J connectivity index is 0. The molecule has 37 nitrogen and oxygen atoms in total. The molecule has 0 aromatic rings. The summed E-state index contributed by atoms with van der Waals surface area (Å²) < 4.78 is 14.8. The Bertz CT molecular complexity index is 3100. The van der Waals surface area contributed by atoms with Crippen LogP contribution in [0.25, 0.3) is 0 Å². The van der Waals surface area contributed by atoms with Gasteiger partial charge in [0.25, 0.3) is 35.4 Å². The molecule has 10 amide bonds. The fourth-order valence-electron chi connectivity index (χ4n) is 9.99. The summed E-state index contributed by atoms with van der Waals surface area (Å²) >= 11 is 12.8. The number of carboxylic acids is 1. The molecule has 3 fully saturated rings. The normalized spacial score (nSPS) is 16.3. The molecule has 0 saturated carbocycles. The van der Waals surface area contributed by atoms with Crippen LogP contribution in [-0.2, 0) is 120 Å². The van der Waals surface area contributed by atoms with E-state index in [0.29, 0.717) is 21.6 Å². The summed E-state index contributed by atoms with van der Waals surface area (Å²) in [6.07, 6.45) is 0.414. The number of carbonyl (C=O) groups excluding carboxylic acids is 17. The van der Waals surface area contributed by atoms with Gasteiger partial charge in [0.05, 0.1) is 81.4 Å². The number of hydrogen-bond acceptors (Lipinski definition) is 29. The van der Waals surface area contributed by atoms with E-state index in [9.17, 15) is 91.4 Å².